The van der Waals surface area contributed by atoms with Crippen LogP contribution in [-0.2, 0) is 16.1 Å². The Kier molecular flexibility index (Phi) is 2.97. The Balaban J connectivity index is 3.15. The van der Waals surface area contributed by atoms with Gasteiger partial charge in [-0.05, 0) is 6.92 Å². The third-order valence-corrected chi connectivity index (χ3v) is 2.17. The Morgan fingerprint density at radius 3 is 2.23 bits per heavy atom. The maximum atomic E-state index is 10.6. The largest absolute Gasteiger partial charge is 0.477 e. The predicted molar refractivity (Wildman–Crippen MR) is 51.1 cm³/mol. The molecule has 3 nitrogen and oxygen atoms in total. The van der Waals surface area contributed by atoms with Crippen molar-refractivity contribution in [3.63, 3.8) is 0 Å². The van der Waals surface area contributed by atoms with Gasteiger partial charge >= 0.3 is 5.97 Å². The molecule has 0 atom stereocenters. The van der Waals surface area contributed by atoms with Crippen LogP contribution in [0.15, 0.2) is 24.3 Å². The van der Waals surface area contributed by atoms with E-state index in [1.54, 1.807) is 24.3 Å². The van der Waals surface area contributed by atoms with E-state index in [4.69, 9.17) is 5.11 Å². The summed E-state index contributed by atoms with van der Waals surface area (Å²) in [6.07, 6.45) is 0. The van der Waals surface area contributed by atoms with Gasteiger partial charge in [0.15, 0.2) is 4.86 Å². The molecule has 0 spiro atoms. The van der Waals surface area contributed by atoms with Crippen LogP contribution in [0.2, 0.25) is 0 Å². The third-order valence-electron chi connectivity index (χ3n) is 1.59. The van der Waals surface area contributed by atoms with Crippen molar-refractivity contribution in [3.8, 4) is 0 Å². The summed E-state index contributed by atoms with van der Waals surface area (Å²) < 4.78 is 10.5. The van der Waals surface area contributed by atoms with Crippen LogP contribution in [0.1, 0.15) is 11.1 Å². The molecule has 0 aromatic heterocycles. The van der Waals surface area contributed by atoms with E-state index in [2.05, 4.69) is 0 Å². The zero-order chi connectivity index (χ0) is 9.84. The highest BCUT2D eigenvalue weighted by molar-refractivity contribution is 7.69. The molecule has 0 aliphatic carbocycles. The summed E-state index contributed by atoms with van der Waals surface area (Å²) in [5.74, 6) is -1.18. The molecule has 0 heterocycles. The monoisotopic (exact) mass is 196 g/mol. The van der Waals surface area contributed by atoms with E-state index in [1.165, 1.54) is 0 Å². The number of carboxylic acids is 1. The van der Waals surface area contributed by atoms with Crippen LogP contribution in [-0.4, -0.2) is 20.1 Å². The second kappa shape index (κ2) is 4.00. The second-order valence-corrected chi connectivity index (χ2v) is 3.16. The summed E-state index contributed by atoms with van der Waals surface area (Å²) in [5, 5.41) is 8.64. The lowest BCUT2D eigenvalue weighted by atomic mass is 10.1. The molecular weight excluding hydrogens is 188 g/mol. The van der Waals surface area contributed by atoms with Crippen molar-refractivity contribution in [2.45, 2.75) is 6.92 Å². The van der Waals surface area contributed by atoms with Crippen LogP contribution in [0.4, 0.5) is 0 Å². The molecule has 0 saturated carbocycles. The number of carboxylic acid groups (broad SMARTS) is 1. The molecular formula is C9H8O3S. The quantitative estimate of drug-likeness (QED) is 0.562. The summed E-state index contributed by atoms with van der Waals surface area (Å²) in [7, 11) is 0. The first-order chi connectivity index (χ1) is 6.15. The molecule has 1 aromatic rings. The Labute approximate surface area is 79.1 Å². The molecule has 0 bridgehead atoms. The standard InChI is InChI=1S/C9H8O3S/c1-6-2-4-7(5-3-6)8(13-12)9(10)11/h2-5H,1H3,(H,10,11). The number of carbonyl (C=O) groups is 1. The lowest BCUT2D eigenvalue weighted by Gasteiger charge is -1.97. The van der Waals surface area contributed by atoms with E-state index >= 15 is 0 Å². The van der Waals surface area contributed by atoms with Crippen LogP contribution in [0.5, 0.6) is 0 Å². The molecule has 13 heavy (non-hydrogen) atoms. The maximum Gasteiger partial charge on any atom is 0.349 e. The van der Waals surface area contributed by atoms with E-state index in [1.807, 2.05) is 6.92 Å². The Morgan fingerprint density at radius 2 is 1.85 bits per heavy atom. The fourth-order valence-corrected chi connectivity index (χ4v) is 1.22. The molecule has 0 aliphatic heterocycles. The minimum Gasteiger partial charge on any atom is -0.477 e. The minimum atomic E-state index is -1.18. The molecule has 0 aliphatic rings. The van der Waals surface area contributed by atoms with Crippen LogP contribution in [0.25, 0.3) is 0 Å². The Hall–Kier alpha value is -1.42. The van der Waals surface area contributed by atoms with Crippen molar-refractivity contribution in [3.05, 3.63) is 35.4 Å². The highest BCUT2D eigenvalue weighted by atomic mass is 32.1. The van der Waals surface area contributed by atoms with Gasteiger partial charge in [-0.25, -0.2) is 9.00 Å². The first-order valence-corrected chi connectivity index (χ1v) is 4.36. The molecule has 1 N–H and O–H groups in total. The van der Waals surface area contributed by atoms with Crippen molar-refractivity contribution in [2.24, 2.45) is 0 Å². The Morgan fingerprint density at radius 1 is 1.31 bits per heavy atom. The highest BCUT2D eigenvalue weighted by Crippen LogP contribution is 2.03. The second-order valence-electron chi connectivity index (χ2n) is 2.58. The number of aliphatic carboxylic acids is 1. The van der Waals surface area contributed by atoms with E-state index in [0.717, 1.165) is 5.56 Å². The van der Waals surface area contributed by atoms with Crippen molar-refractivity contribution in [1.29, 1.82) is 0 Å². The molecule has 1 rings (SSSR count). The molecule has 0 radical (unpaired) electrons. The predicted octanol–water partition coefficient (Wildman–Crippen LogP) is 0.813. The normalized spacial score (nSPS) is 9.31. The molecule has 0 unspecified atom stereocenters. The zero-order valence-electron chi connectivity index (χ0n) is 6.98. The minimum absolute atomic E-state index is 0.00410. The molecule has 68 valence electrons. The number of rotatable bonds is 2. The zero-order valence-corrected chi connectivity index (χ0v) is 7.80. The van der Waals surface area contributed by atoms with Gasteiger partial charge in [0.1, 0.15) is 11.3 Å². The van der Waals surface area contributed by atoms with Gasteiger partial charge in [-0.15, -0.1) is 0 Å². The van der Waals surface area contributed by atoms with Gasteiger partial charge in [0.2, 0.25) is 0 Å². The van der Waals surface area contributed by atoms with Gasteiger partial charge < -0.3 is 5.11 Å². The van der Waals surface area contributed by atoms with Crippen molar-refractivity contribution in [2.75, 3.05) is 0 Å². The summed E-state index contributed by atoms with van der Waals surface area (Å²) in [6.45, 7) is 1.90. The molecule has 4 heteroatoms. The summed E-state index contributed by atoms with van der Waals surface area (Å²) in [6, 6.07) is 6.80. The van der Waals surface area contributed by atoms with E-state index in [0.29, 0.717) is 5.56 Å². The SMILES string of the molecule is Cc1ccc(C(=S=O)C(=O)O)cc1. The fraction of sp³-hybridized carbons (Fsp3) is 0.111. The van der Waals surface area contributed by atoms with Crippen LogP contribution in [0.3, 0.4) is 0 Å². The average molecular weight is 196 g/mol. The van der Waals surface area contributed by atoms with Gasteiger partial charge in [0.05, 0.1) is 0 Å². The van der Waals surface area contributed by atoms with E-state index in [9.17, 15) is 9.00 Å². The Bertz CT molecular complexity index is 374. The van der Waals surface area contributed by atoms with Crippen LogP contribution >= 0.6 is 0 Å². The first-order valence-electron chi connectivity index (χ1n) is 3.62. The number of hydrogen-bond acceptors (Lipinski definition) is 2. The number of hydrogen-bond donors (Lipinski definition) is 1. The molecule has 1 aromatic carbocycles. The smallest absolute Gasteiger partial charge is 0.349 e. The van der Waals surface area contributed by atoms with Crippen molar-refractivity contribution in [1.82, 2.24) is 0 Å². The van der Waals surface area contributed by atoms with Gasteiger partial charge in [0, 0.05) is 5.56 Å². The van der Waals surface area contributed by atoms with Gasteiger partial charge in [0.25, 0.3) is 0 Å². The van der Waals surface area contributed by atoms with Crippen molar-refractivity contribution < 1.29 is 14.1 Å². The average Bonchev–Trinajstić information content (AvgIpc) is 2.09. The van der Waals surface area contributed by atoms with Gasteiger partial charge in [-0.1, -0.05) is 29.8 Å². The molecule has 0 fully saturated rings. The summed E-state index contributed by atoms with van der Waals surface area (Å²) >= 11 is 0.00410. The summed E-state index contributed by atoms with van der Waals surface area (Å²) in [5.41, 5.74) is 1.49. The van der Waals surface area contributed by atoms with Gasteiger partial charge in [-0.2, -0.15) is 0 Å². The number of benzene rings is 1. The van der Waals surface area contributed by atoms with Crippen LogP contribution in [0, 0.1) is 6.92 Å². The lowest BCUT2D eigenvalue weighted by molar-refractivity contribution is -0.129. The highest BCUT2D eigenvalue weighted by Gasteiger charge is 2.10. The van der Waals surface area contributed by atoms with Crippen LogP contribution < -0.4 is 0 Å². The maximum absolute atomic E-state index is 10.6. The first kappa shape index (κ1) is 9.67. The third kappa shape index (κ3) is 2.26. The molecule has 0 saturated heterocycles. The summed E-state index contributed by atoms with van der Waals surface area (Å²) in [4.78, 5) is 10.4. The fourth-order valence-electron chi connectivity index (χ4n) is 0.912. The van der Waals surface area contributed by atoms with E-state index in [-0.39, 0.29) is 16.1 Å². The topological polar surface area (TPSA) is 54.4 Å². The van der Waals surface area contributed by atoms with Gasteiger partial charge in [-0.3, -0.25) is 0 Å². The van der Waals surface area contributed by atoms with Crippen molar-refractivity contribution >= 4 is 22.1 Å². The lowest BCUT2D eigenvalue weighted by Crippen LogP contribution is -2.13. The molecule has 0 amide bonds. The number of aryl methyl sites for hydroxylation is 1. The van der Waals surface area contributed by atoms with E-state index < -0.39 is 5.97 Å².